The lowest BCUT2D eigenvalue weighted by Gasteiger charge is -2.29. The fourth-order valence-corrected chi connectivity index (χ4v) is 8.66. The summed E-state index contributed by atoms with van der Waals surface area (Å²) in [5.41, 5.74) is 1.13. The van der Waals surface area contributed by atoms with E-state index in [0.717, 1.165) is 46.7 Å². The minimum absolute atomic E-state index is 0.591. The normalized spacial score (nSPS) is 11.8. The molecule has 36 heavy (non-hydrogen) atoms. The van der Waals surface area contributed by atoms with Crippen LogP contribution in [0.4, 0.5) is 0 Å². The van der Waals surface area contributed by atoms with Crippen molar-refractivity contribution in [1.82, 2.24) is 0 Å². The fraction of sp³-hybridized carbons (Fsp3) is 0.538. The molecule has 0 spiro atoms. The molecule has 0 radical (unpaired) electrons. The van der Waals surface area contributed by atoms with Crippen LogP contribution in [-0.2, 0) is 26.6 Å². The highest BCUT2D eigenvalue weighted by Crippen LogP contribution is 2.13. The second-order valence-electron chi connectivity index (χ2n) is 7.77. The largest absolute Gasteiger partial charge is 0.537 e. The van der Waals surface area contributed by atoms with Crippen LogP contribution in [0.5, 0.6) is 0 Å². The number of hydrogen-bond acceptors (Lipinski definition) is 8. The topological polar surface area (TPSA) is 55.4 Å². The lowest BCUT2D eigenvalue weighted by atomic mass is 10.2. The highest BCUT2D eigenvalue weighted by atomic mass is 32.1. The van der Waals surface area contributed by atoms with Crippen molar-refractivity contribution in [3.63, 3.8) is 0 Å². The second kappa shape index (κ2) is 19.4. The summed E-state index contributed by atoms with van der Waals surface area (Å²) >= 11 is 8.38. The number of hydrogen-bond donors (Lipinski definition) is 2. The molecule has 10 heteroatoms. The first-order valence-electron chi connectivity index (χ1n) is 12.5. The van der Waals surface area contributed by atoms with Gasteiger partial charge in [-0.25, -0.2) is 0 Å². The van der Waals surface area contributed by atoms with Crippen LogP contribution in [-0.4, -0.2) is 69.8 Å². The lowest BCUT2D eigenvalue weighted by Crippen LogP contribution is -2.57. The third kappa shape index (κ3) is 10.6. The summed E-state index contributed by atoms with van der Waals surface area (Å²) in [7, 11) is -2.20. The molecule has 2 aromatic rings. The molecule has 0 heterocycles. The van der Waals surface area contributed by atoms with Gasteiger partial charge in [-0.3, -0.25) is 0 Å². The Morgan fingerprint density at radius 3 is 1.69 bits per heavy atom. The van der Waals surface area contributed by atoms with Crippen LogP contribution in [0.25, 0.3) is 0 Å². The van der Waals surface area contributed by atoms with Gasteiger partial charge in [0.2, 0.25) is 0 Å². The Balaban J connectivity index is 0.000000362. The highest BCUT2D eigenvalue weighted by molar-refractivity contribution is 7.80. The quantitative estimate of drug-likeness (QED) is 0.167. The third-order valence-electron chi connectivity index (χ3n) is 5.25. The van der Waals surface area contributed by atoms with E-state index in [4.69, 9.17) is 26.6 Å². The molecule has 0 aliphatic heterocycles. The molecular formula is C26H44O6S2Si2. The molecule has 0 fully saturated rings. The number of rotatable bonds is 17. The van der Waals surface area contributed by atoms with Gasteiger partial charge < -0.3 is 26.6 Å². The van der Waals surface area contributed by atoms with Gasteiger partial charge in [-0.2, -0.15) is 25.3 Å². The zero-order chi connectivity index (χ0) is 26.7. The Bertz CT molecular complexity index is 806. The summed E-state index contributed by atoms with van der Waals surface area (Å²) in [5, 5.41) is 2.06. The molecule has 0 aromatic heterocycles. The van der Waals surface area contributed by atoms with E-state index in [1.165, 1.54) is 0 Å². The average molecular weight is 573 g/mol. The zero-order valence-corrected chi connectivity index (χ0v) is 26.2. The maximum absolute atomic E-state index is 6.06. The molecule has 0 saturated heterocycles. The van der Waals surface area contributed by atoms with Gasteiger partial charge >= 0.3 is 17.6 Å². The van der Waals surface area contributed by atoms with E-state index in [1.54, 1.807) is 14.2 Å². The second-order valence-corrected chi connectivity index (χ2v) is 14.0. The summed E-state index contributed by atoms with van der Waals surface area (Å²) in [6, 6.07) is 18.0. The van der Waals surface area contributed by atoms with E-state index in [9.17, 15) is 0 Å². The number of thiol groups is 2. The van der Waals surface area contributed by atoms with Crippen molar-refractivity contribution in [3.8, 4) is 0 Å². The molecule has 0 amide bonds. The first kappa shape index (κ1) is 33.4. The van der Waals surface area contributed by atoms with Gasteiger partial charge in [-0.1, -0.05) is 54.6 Å². The maximum Gasteiger partial charge on any atom is 0.537 e. The average Bonchev–Trinajstić information content (AvgIpc) is 2.91. The Hall–Kier alpha value is -0.666. The molecule has 0 bridgehead atoms. The first-order chi connectivity index (χ1) is 17.5. The summed E-state index contributed by atoms with van der Waals surface area (Å²) in [4.78, 5) is 0. The smallest absolute Gasteiger partial charge is 0.373 e. The van der Waals surface area contributed by atoms with Gasteiger partial charge in [0.15, 0.2) is 0 Å². The predicted octanol–water partition coefficient (Wildman–Crippen LogP) is 4.40. The van der Waals surface area contributed by atoms with Crippen LogP contribution in [0.15, 0.2) is 54.6 Å². The molecule has 0 saturated carbocycles. The van der Waals surface area contributed by atoms with Crippen molar-refractivity contribution in [1.29, 1.82) is 0 Å². The number of unbranched alkanes of at least 4 members (excludes halogenated alkanes) is 1. The van der Waals surface area contributed by atoms with E-state index < -0.39 is 17.6 Å². The minimum atomic E-state index is -2.75. The van der Waals surface area contributed by atoms with Crippen molar-refractivity contribution >= 4 is 53.2 Å². The Morgan fingerprint density at radius 2 is 1.17 bits per heavy atom. The lowest BCUT2D eigenvalue weighted by molar-refractivity contribution is 0.0804. The van der Waals surface area contributed by atoms with Crippen molar-refractivity contribution in [2.45, 2.75) is 40.0 Å². The summed E-state index contributed by atoms with van der Waals surface area (Å²) in [6.45, 7) is 8.42. The molecule has 204 valence electrons. The van der Waals surface area contributed by atoms with Crippen LogP contribution in [0.3, 0.4) is 0 Å². The molecule has 2 rings (SSSR count). The van der Waals surface area contributed by atoms with Crippen LogP contribution >= 0.6 is 25.3 Å². The molecule has 0 atom stereocenters. The van der Waals surface area contributed by atoms with Gasteiger partial charge in [0.05, 0.1) is 0 Å². The van der Waals surface area contributed by atoms with Crippen molar-refractivity contribution in [2.75, 3.05) is 52.2 Å². The van der Waals surface area contributed by atoms with E-state index in [2.05, 4.69) is 25.3 Å². The molecule has 0 aliphatic carbocycles. The molecule has 6 nitrogen and oxygen atoms in total. The summed E-state index contributed by atoms with van der Waals surface area (Å²) in [5.74, 6) is 1.68. The summed E-state index contributed by atoms with van der Waals surface area (Å²) in [6.07, 6.45) is 2.91. The van der Waals surface area contributed by atoms with Crippen molar-refractivity contribution < 1.29 is 26.6 Å². The molecular weight excluding hydrogens is 529 g/mol. The SMILES string of the molecule is CCO[Si](OCC)(OCCCCS)c1ccccc1.CO[Si](OC)(OCCCS)c1ccccc1C. The zero-order valence-electron chi connectivity index (χ0n) is 22.4. The van der Waals surface area contributed by atoms with E-state index >= 15 is 0 Å². The van der Waals surface area contributed by atoms with Crippen LogP contribution in [0.2, 0.25) is 0 Å². The number of aryl methyl sites for hydroxylation is 1. The van der Waals surface area contributed by atoms with Crippen LogP contribution in [0, 0.1) is 6.92 Å². The Kier molecular flexibility index (Phi) is 18.0. The van der Waals surface area contributed by atoms with E-state index in [1.807, 2.05) is 75.4 Å². The van der Waals surface area contributed by atoms with Crippen molar-refractivity contribution in [2.24, 2.45) is 0 Å². The predicted molar refractivity (Wildman–Crippen MR) is 159 cm³/mol. The first-order valence-corrected chi connectivity index (χ1v) is 17.2. The molecule has 0 N–H and O–H groups in total. The van der Waals surface area contributed by atoms with E-state index in [-0.39, 0.29) is 0 Å². The van der Waals surface area contributed by atoms with Crippen molar-refractivity contribution in [3.05, 3.63) is 60.2 Å². The van der Waals surface area contributed by atoms with Crippen LogP contribution < -0.4 is 10.4 Å². The highest BCUT2D eigenvalue weighted by Gasteiger charge is 2.43. The van der Waals surface area contributed by atoms with Gasteiger partial charge in [0, 0.05) is 51.0 Å². The van der Waals surface area contributed by atoms with Gasteiger partial charge in [0.25, 0.3) is 0 Å². The van der Waals surface area contributed by atoms with Gasteiger partial charge in [0.1, 0.15) is 0 Å². The monoisotopic (exact) mass is 572 g/mol. The van der Waals surface area contributed by atoms with Gasteiger partial charge in [-0.15, -0.1) is 0 Å². The van der Waals surface area contributed by atoms with Gasteiger partial charge in [-0.05, 0) is 57.1 Å². The molecule has 0 aliphatic rings. The summed E-state index contributed by atoms with van der Waals surface area (Å²) < 4.78 is 34.9. The van der Waals surface area contributed by atoms with E-state index in [0.29, 0.717) is 26.4 Å². The maximum atomic E-state index is 6.06. The number of benzene rings is 2. The third-order valence-corrected chi connectivity index (χ3v) is 11.7. The minimum Gasteiger partial charge on any atom is -0.373 e. The van der Waals surface area contributed by atoms with Crippen LogP contribution in [0.1, 0.15) is 38.7 Å². The standard InChI is InChI=1S/C14H24O3SSi.C12H20O3SSi/c1-3-15-19(16-4-2,17-12-8-9-13-18)14-10-6-5-7-11-14;1-11-7-4-5-8-12(11)17(13-2,14-3)15-9-6-10-16/h5-7,10-11,18H,3-4,8-9,12-13H2,1-2H3;4-5,7-8,16H,6,9-10H2,1-3H3. The Morgan fingerprint density at radius 1 is 0.639 bits per heavy atom. The molecule has 0 unspecified atom stereocenters. The fourth-order valence-electron chi connectivity index (χ4n) is 3.50. The molecule has 2 aromatic carbocycles. The Labute approximate surface area is 231 Å².